The fourth-order valence-corrected chi connectivity index (χ4v) is 3.48. The zero-order chi connectivity index (χ0) is 18.2. The van der Waals surface area contributed by atoms with E-state index in [1.807, 2.05) is 24.3 Å². The molecule has 138 valence electrons. The summed E-state index contributed by atoms with van der Waals surface area (Å²) in [6, 6.07) is 7.46. The Bertz CT molecular complexity index is 571. The van der Waals surface area contributed by atoms with Gasteiger partial charge in [0.25, 0.3) is 0 Å². The van der Waals surface area contributed by atoms with Gasteiger partial charge in [0.1, 0.15) is 0 Å². The van der Waals surface area contributed by atoms with E-state index in [9.17, 15) is 9.59 Å². The standard InChI is InChI=1S/C19H28BrN3O2/c1-3-17(14-9-11-15(20)12-10-14)21-13(2)18(24)23-19(25)22-16-7-5-4-6-8-16/h9-13,16-17,21H,3-8H2,1-2H3,(H2,22,23,24,25)/t13-,17+/m0/s1. The van der Waals surface area contributed by atoms with Crippen LogP contribution in [-0.2, 0) is 4.79 Å². The maximum absolute atomic E-state index is 12.3. The Kier molecular flexibility index (Phi) is 7.90. The van der Waals surface area contributed by atoms with Crippen LogP contribution in [0.25, 0.3) is 0 Å². The highest BCUT2D eigenvalue weighted by molar-refractivity contribution is 9.10. The number of carbonyl (C=O) groups is 2. The number of benzene rings is 1. The summed E-state index contributed by atoms with van der Waals surface area (Å²) in [5.74, 6) is -0.302. The molecule has 25 heavy (non-hydrogen) atoms. The fraction of sp³-hybridized carbons (Fsp3) is 0.579. The molecule has 0 spiro atoms. The molecule has 3 amide bonds. The summed E-state index contributed by atoms with van der Waals surface area (Å²) in [6.45, 7) is 3.85. The molecule has 2 rings (SSSR count). The van der Waals surface area contributed by atoms with Gasteiger partial charge in [-0.15, -0.1) is 0 Å². The molecule has 0 bridgehead atoms. The number of hydrogen-bond acceptors (Lipinski definition) is 3. The molecule has 1 aliphatic rings. The molecule has 2 atom stereocenters. The zero-order valence-corrected chi connectivity index (χ0v) is 16.6. The maximum Gasteiger partial charge on any atom is 0.321 e. The first-order valence-corrected chi connectivity index (χ1v) is 9.91. The van der Waals surface area contributed by atoms with Gasteiger partial charge in [-0.05, 0) is 43.9 Å². The monoisotopic (exact) mass is 409 g/mol. The van der Waals surface area contributed by atoms with Gasteiger partial charge in [-0.3, -0.25) is 15.4 Å². The number of nitrogens with one attached hydrogen (secondary N) is 3. The largest absolute Gasteiger partial charge is 0.335 e. The molecule has 0 unspecified atom stereocenters. The first-order valence-electron chi connectivity index (χ1n) is 9.12. The lowest BCUT2D eigenvalue weighted by Crippen LogP contribution is -2.51. The quantitative estimate of drug-likeness (QED) is 0.663. The Morgan fingerprint density at radius 2 is 1.80 bits per heavy atom. The molecule has 1 aromatic carbocycles. The Labute approximate surface area is 158 Å². The lowest BCUT2D eigenvalue weighted by Gasteiger charge is -2.24. The third kappa shape index (κ3) is 6.44. The first kappa shape index (κ1) is 19.9. The smallest absolute Gasteiger partial charge is 0.321 e. The molecular weight excluding hydrogens is 382 g/mol. The van der Waals surface area contributed by atoms with Crippen LogP contribution in [0, 0.1) is 0 Å². The van der Waals surface area contributed by atoms with E-state index in [2.05, 4.69) is 38.8 Å². The summed E-state index contributed by atoms with van der Waals surface area (Å²) in [5, 5.41) is 8.67. The van der Waals surface area contributed by atoms with Crippen LogP contribution in [0.3, 0.4) is 0 Å². The Morgan fingerprint density at radius 1 is 1.16 bits per heavy atom. The topological polar surface area (TPSA) is 70.2 Å². The van der Waals surface area contributed by atoms with Crippen LogP contribution in [0.15, 0.2) is 28.7 Å². The van der Waals surface area contributed by atoms with Crippen LogP contribution in [0.4, 0.5) is 4.79 Å². The van der Waals surface area contributed by atoms with E-state index in [4.69, 9.17) is 0 Å². The third-order valence-electron chi connectivity index (χ3n) is 4.70. The molecule has 1 saturated carbocycles. The van der Waals surface area contributed by atoms with Gasteiger partial charge in [0, 0.05) is 16.6 Å². The molecule has 1 fully saturated rings. The minimum Gasteiger partial charge on any atom is -0.335 e. The summed E-state index contributed by atoms with van der Waals surface area (Å²) in [7, 11) is 0. The van der Waals surface area contributed by atoms with Crippen LogP contribution in [0.5, 0.6) is 0 Å². The predicted octanol–water partition coefficient (Wildman–Crippen LogP) is 4.04. The lowest BCUT2D eigenvalue weighted by molar-refractivity contribution is -0.121. The molecule has 3 N–H and O–H groups in total. The van der Waals surface area contributed by atoms with E-state index in [-0.39, 0.29) is 24.0 Å². The second-order valence-corrected chi connectivity index (χ2v) is 7.61. The van der Waals surface area contributed by atoms with Gasteiger partial charge in [-0.2, -0.15) is 0 Å². The predicted molar refractivity (Wildman–Crippen MR) is 103 cm³/mol. The SMILES string of the molecule is CC[C@@H](N[C@@H](C)C(=O)NC(=O)NC1CCCCC1)c1ccc(Br)cc1. The van der Waals surface area contributed by atoms with Crippen molar-refractivity contribution in [3.63, 3.8) is 0 Å². The summed E-state index contributed by atoms with van der Waals surface area (Å²) in [5.41, 5.74) is 1.12. The van der Waals surface area contributed by atoms with Crippen molar-refractivity contribution in [1.29, 1.82) is 0 Å². The normalized spacial score (nSPS) is 17.6. The average molecular weight is 410 g/mol. The van der Waals surface area contributed by atoms with E-state index in [1.165, 1.54) is 6.42 Å². The van der Waals surface area contributed by atoms with Crippen molar-refractivity contribution < 1.29 is 9.59 Å². The number of amides is 3. The van der Waals surface area contributed by atoms with Gasteiger partial charge >= 0.3 is 6.03 Å². The summed E-state index contributed by atoms with van der Waals surface area (Å²) in [4.78, 5) is 24.3. The molecular formula is C19H28BrN3O2. The molecule has 5 nitrogen and oxygen atoms in total. The van der Waals surface area contributed by atoms with E-state index in [1.54, 1.807) is 6.92 Å². The second kappa shape index (κ2) is 9.92. The number of hydrogen-bond donors (Lipinski definition) is 3. The first-order chi connectivity index (χ1) is 12.0. The van der Waals surface area contributed by atoms with Crippen molar-refractivity contribution >= 4 is 27.9 Å². The molecule has 0 heterocycles. The maximum atomic E-state index is 12.3. The molecule has 0 radical (unpaired) electrons. The average Bonchev–Trinajstić information content (AvgIpc) is 2.61. The number of halogens is 1. The number of rotatable bonds is 6. The van der Waals surface area contributed by atoms with Crippen LogP contribution in [0.2, 0.25) is 0 Å². The van der Waals surface area contributed by atoms with Gasteiger partial charge < -0.3 is 5.32 Å². The molecule has 6 heteroatoms. The summed E-state index contributed by atoms with van der Waals surface area (Å²) >= 11 is 3.43. The highest BCUT2D eigenvalue weighted by atomic mass is 79.9. The van der Waals surface area contributed by atoms with E-state index < -0.39 is 6.04 Å². The van der Waals surface area contributed by atoms with Crippen molar-refractivity contribution in [2.24, 2.45) is 0 Å². The van der Waals surface area contributed by atoms with E-state index in [0.29, 0.717) is 0 Å². The van der Waals surface area contributed by atoms with Crippen molar-refractivity contribution in [3.8, 4) is 0 Å². The summed E-state index contributed by atoms with van der Waals surface area (Å²) < 4.78 is 1.02. The highest BCUT2D eigenvalue weighted by Gasteiger charge is 2.21. The number of imide groups is 1. The number of carbonyl (C=O) groups excluding carboxylic acids is 2. The van der Waals surface area contributed by atoms with Gasteiger partial charge in [0.05, 0.1) is 6.04 Å². The molecule has 0 saturated heterocycles. The van der Waals surface area contributed by atoms with Crippen LogP contribution in [0.1, 0.15) is 64.0 Å². The van der Waals surface area contributed by atoms with E-state index in [0.717, 1.165) is 42.1 Å². The van der Waals surface area contributed by atoms with Gasteiger partial charge in [0.2, 0.25) is 5.91 Å². The summed E-state index contributed by atoms with van der Waals surface area (Å²) in [6.07, 6.45) is 6.36. The van der Waals surface area contributed by atoms with Crippen molar-refractivity contribution in [3.05, 3.63) is 34.3 Å². The number of urea groups is 1. The van der Waals surface area contributed by atoms with Crippen LogP contribution >= 0.6 is 15.9 Å². The Morgan fingerprint density at radius 3 is 2.40 bits per heavy atom. The van der Waals surface area contributed by atoms with Gasteiger partial charge in [-0.1, -0.05) is 54.2 Å². The lowest BCUT2D eigenvalue weighted by atomic mass is 9.96. The Balaban J connectivity index is 1.83. The molecule has 0 aliphatic heterocycles. The third-order valence-corrected chi connectivity index (χ3v) is 5.23. The minimum atomic E-state index is -0.453. The second-order valence-electron chi connectivity index (χ2n) is 6.70. The zero-order valence-electron chi connectivity index (χ0n) is 15.0. The Hall–Kier alpha value is -1.40. The van der Waals surface area contributed by atoms with E-state index >= 15 is 0 Å². The van der Waals surface area contributed by atoms with Crippen molar-refractivity contribution in [1.82, 2.24) is 16.0 Å². The highest BCUT2D eigenvalue weighted by Crippen LogP contribution is 2.20. The van der Waals surface area contributed by atoms with Crippen LogP contribution in [-0.4, -0.2) is 24.0 Å². The van der Waals surface area contributed by atoms with Gasteiger partial charge in [-0.25, -0.2) is 4.79 Å². The van der Waals surface area contributed by atoms with Crippen molar-refractivity contribution in [2.45, 2.75) is 70.5 Å². The molecule has 1 aromatic rings. The van der Waals surface area contributed by atoms with Crippen molar-refractivity contribution in [2.75, 3.05) is 0 Å². The minimum absolute atomic E-state index is 0.0651. The fourth-order valence-electron chi connectivity index (χ4n) is 3.21. The van der Waals surface area contributed by atoms with Gasteiger partial charge in [0.15, 0.2) is 0 Å². The molecule has 0 aromatic heterocycles. The molecule has 1 aliphatic carbocycles. The van der Waals surface area contributed by atoms with Crippen LogP contribution < -0.4 is 16.0 Å².